The topological polar surface area (TPSA) is 0 Å². The van der Waals surface area contributed by atoms with Crippen LogP contribution in [0.3, 0.4) is 0 Å². The lowest BCUT2D eigenvalue weighted by molar-refractivity contribution is 0.625. The fourth-order valence-corrected chi connectivity index (χ4v) is 0.995. The van der Waals surface area contributed by atoms with Crippen LogP contribution in [0.2, 0.25) is 5.02 Å². The Morgan fingerprint density at radius 2 is 2.25 bits per heavy atom. The Kier molecular flexibility index (Phi) is 2.73. The Bertz CT molecular complexity index is 325. The van der Waals surface area contributed by atoms with E-state index in [2.05, 4.69) is 5.92 Å². The summed E-state index contributed by atoms with van der Waals surface area (Å²) < 4.78 is 12.9. The van der Waals surface area contributed by atoms with Gasteiger partial charge in [0.1, 0.15) is 5.82 Å². The molecule has 1 aromatic carbocycles. The fourth-order valence-electron chi connectivity index (χ4n) is 0.878. The maximum atomic E-state index is 12.9. The Morgan fingerprint density at radius 1 is 1.58 bits per heavy atom. The molecule has 12 heavy (non-hydrogen) atoms. The van der Waals surface area contributed by atoms with E-state index in [0.717, 1.165) is 5.56 Å². The number of benzene rings is 1. The Morgan fingerprint density at radius 3 is 2.75 bits per heavy atom. The van der Waals surface area contributed by atoms with E-state index in [1.807, 2.05) is 6.92 Å². The minimum atomic E-state index is -0.420. The van der Waals surface area contributed by atoms with Gasteiger partial charge in [-0.2, -0.15) is 0 Å². The summed E-state index contributed by atoms with van der Waals surface area (Å²) in [7, 11) is 0. The second-order valence-electron chi connectivity index (χ2n) is 2.56. The van der Waals surface area contributed by atoms with Gasteiger partial charge in [0, 0.05) is 5.92 Å². The number of rotatable bonds is 1. The van der Waals surface area contributed by atoms with Crippen molar-refractivity contribution in [2.75, 3.05) is 0 Å². The van der Waals surface area contributed by atoms with E-state index in [-0.39, 0.29) is 10.9 Å². The van der Waals surface area contributed by atoms with Crippen molar-refractivity contribution in [3.8, 4) is 12.3 Å². The molecule has 0 heterocycles. The number of halogens is 2. The van der Waals surface area contributed by atoms with Gasteiger partial charge in [0.2, 0.25) is 0 Å². The molecule has 0 nitrogen and oxygen atoms in total. The lowest BCUT2D eigenvalue weighted by Crippen LogP contribution is -1.90. The SMILES string of the molecule is C#C[C@H](C)c1ccc(Cl)c(F)c1. The van der Waals surface area contributed by atoms with E-state index >= 15 is 0 Å². The van der Waals surface area contributed by atoms with Crippen molar-refractivity contribution < 1.29 is 4.39 Å². The first kappa shape index (κ1) is 9.09. The van der Waals surface area contributed by atoms with Crippen LogP contribution in [-0.4, -0.2) is 0 Å². The molecule has 0 aliphatic carbocycles. The van der Waals surface area contributed by atoms with Crippen molar-refractivity contribution in [2.24, 2.45) is 0 Å². The molecule has 0 aliphatic rings. The zero-order valence-corrected chi connectivity index (χ0v) is 7.40. The summed E-state index contributed by atoms with van der Waals surface area (Å²) >= 11 is 5.50. The molecule has 1 rings (SSSR count). The van der Waals surface area contributed by atoms with Gasteiger partial charge in [-0.1, -0.05) is 23.6 Å². The average molecular weight is 183 g/mol. The summed E-state index contributed by atoms with van der Waals surface area (Å²) in [5.74, 6) is 2.03. The summed E-state index contributed by atoms with van der Waals surface area (Å²) in [4.78, 5) is 0. The second kappa shape index (κ2) is 3.60. The summed E-state index contributed by atoms with van der Waals surface area (Å²) in [5.41, 5.74) is 0.777. The number of hydrogen-bond acceptors (Lipinski definition) is 0. The molecular weight excluding hydrogens is 175 g/mol. The maximum Gasteiger partial charge on any atom is 0.142 e. The van der Waals surface area contributed by atoms with E-state index in [1.165, 1.54) is 12.1 Å². The minimum Gasteiger partial charge on any atom is -0.205 e. The predicted molar refractivity (Wildman–Crippen MR) is 48.7 cm³/mol. The van der Waals surface area contributed by atoms with E-state index in [0.29, 0.717) is 0 Å². The van der Waals surface area contributed by atoms with Crippen LogP contribution in [0.15, 0.2) is 18.2 Å². The molecule has 0 amide bonds. The highest BCUT2D eigenvalue weighted by atomic mass is 35.5. The molecule has 0 unspecified atom stereocenters. The summed E-state index contributed by atoms with van der Waals surface area (Å²) in [5, 5.41) is 0.128. The molecule has 0 spiro atoms. The van der Waals surface area contributed by atoms with Crippen LogP contribution in [0.4, 0.5) is 4.39 Å². The largest absolute Gasteiger partial charge is 0.205 e. The van der Waals surface area contributed by atoms with Crippen molar-refractivity contribution in [1.82, 2.24) is 0 Å². The normalized spacial score (nSPS) is 12.2. The Labute approximate surface area is 76.4 Å². The molecule has 2 heteroatoms. The minimum absolute atomic E-state index is 0.0724. The summed E-state index contributed by atoms with van der Waals surface area (Å²) in [6.45, 7) is 1.84. The van der Waals surface area contributed by atoms with Gasteiger partial charge in [0.05, 0.1) is 5.02 Å². The molecule has 1 aromatic rings. The fraction of sp³-hybridized carbons (Fsp3) is 0.200. The van der Waals surface area contributed by atoms with Gasteiger partial charge in [0.15, 0.2) is 0 Å². The second-order valence-corrected chi connectivity index (χ2v) is 2.97. The molecule has 0 saturated heterocycles. The predicted octanol–water partition coefficient (Wildman–Crippen LogP) is 3.22. The highest BCUT2D eigenvalue weighted by molar-refractivity contribution is 6.30. The molecule has 62 valence electrons. The summed E-state index contributed by atoms with van der Waals surface area (Å²) in [6.07, 6.45) is 5.19. The molecule has 1 atom stereocenters. The van der Waals surface area contributed by atoms with Gasteiger partial charge in [-0.25, -0.2) is 4.39 Å². The van der Waals surface area contributed by atoms with Crippen LogP contribution in [0.1, 0.15) is 18.4 Å². The van der Waals surface area contributed by atoms with Crippen molar-refractivity contribution in [1.29, 1.82) is 0 Å². The Hall–Kier alpha value is -1.00. The first-order chi connectivity index (χ1) is 5.65. The van der Waals surface area contributed by atoms with Crippen LogP contribution in [-0.2, 0) is 0 Å². The van der Waals surface area contributed by atoms with Crippen molar-refractivity contribution in [3.05, 3.63) is 34.6 Å². The van der Waals surface area contributed by atoms with Crippen molar-refractivity contribution in [2.45, 2.75) is 12.8 Å². The highest BCUT2D eigenvalue weighted by Crippen LogP contribution is 2.20. The molecule has 0 aliphatic heterocycles. The van der Waals surface area contributed by atoms with Crippen LogP contribution in [0.5, 0.6) is 0 Å². The molecule has 0 aromatic heterocycles. The first-order valence-corrected chi connectivity index (χ1v) is 3.94. The van der Waals surface area contributed by atoms with Gasteiger partial charge < -0.3 is 0 Å². The molecule has 0 saturated carbocycles. The third-order valence-corrected chi connectivity index (χ3v) is 2.00. The molecule has 0 radical (unpaired) electrons. The smallest absolute Gasteiger partial charge is 0.142 e. The molecule has 0 bridgehead atoms. The van der Waals surface area contributed by atoms with Crippen LogP contribution >= 0.6 is 11.6 Å². The van der Waals surface area contributed by atoms with Crippen LogP contribution in [0.25, 0.3) is 0 Å². The highest BCUT2D eigenvalue weighted by Gasteiger charge is 2.04. The monoisotopic (exact) mass is 182 g/mol. The average Bonchev–Trinajstić information content (AvgIpc) is 2.08. The van der Waals surface area contributed by atoms with Gasteiger partial charge >= 0.3 is 0 Å². The standard InChI is InChI=1S/C10H8ClF/c1-3-7(2)8-4-5-9(11)10(12)6-8/h1,4-7H,2H3/t7-/m0/s1. The Balaban J connectivity index is 3.06. The molecular formula is C10H8ClF. The third kappa shape index (κ3) is 1.78. The van der Waals surface area contributed by atoms with E-state index in [4.69, 9.17) is 18.0 Å². The van der Waals surface area contributed by atoms with Crippen molar-refractivity contribution in [3.63, 3.8) is 0 Å². The quantitative estimate of drug-likeness (QED) is 0.585. The van der Waals surface area contributed by atoms with Gasteiger partial charge in [-0.3, -0.25) is 0 Å². The lowest BCUT2D eigenvalue weighted by atomic mass is 10.0. The van der Waals surface area contributed by atoms with Crippen LogP contribution < -0.4 is 0 Å². The van der Waals surface area contributed by atoms with Gasteiger partial charge in [0.25, 0.3) is 0 Å². The van der Waals surface area contributed by atoms with Gasteiger partial charge in [-0.05, 0) is 24.6 Å². The number of hydrogen-bond donors (Lipinski definition) is 0. The van der Waals surface area contributed by atoms with Gasteiger partial charge in [-0.15, -0.1) is 6.42 Å². The van der Waals surface area contributed by atoms with Crippen molar-refractivity contribution >= 4 is 11.6 Å². The lowest BCUT2D eigenvalue weighted by Gasteiger charge is -2.04. The van der Waals surface area contributed by atoms with Crippen LogP contribution in [0, 0.1) is 18.2 Å². The maximum absolute atomic E-state index is 12.9. The van der Waals surface area contributed by atoms with E-state index < -0.39 is 5.82 Å². The zero-order valence-electron chi connectivity index (χ0n) is 6.64. The third-order valence-electron chi connectivity index (χ3n) is 1.69. The zero-order chi connectivity index (χ0) is 9.14. The first-order valence-electron chi connectivity index (χ1n) is 3.56. The van der Waals surface area contributed by atoms with E-state index in [1.54, 1.807) is 6.07 Å². The van der Waals surface area contributed by atoms with E-state index in [9.17, 15) is 4.39 Å². The number of terminal acetylenes is 1. The summed E-state index contributed by atoms with van der Waals surface area (Å²) in [6, 6.07) is 4.61. The molecule has 0 fully saturated rings. The molecule has 0 N–H and O–H groups in total.